The fraction of sp³-hybridized carbons (Fsp3) is 1.00. The fourth-order valence-corrected chi connectivity index (χ4v) is 3.13. The van der Waals surface area contributed by atoms with Gasteiger partial charge in [0.2, 0.25) is 0 Å². The zero-order valence-corrected chi connectivity index (χ0v) is 8.12. The molecule has 0 radical (unpaired) electrons. The Labute approximate surface area is 69.4 Å². The van der Waals surface area contributed by atoms with Gasteiger partial charge < -0.3 is 0 Å². The molecule has 2 unspecified atom stereocenters. The fourth-order valence-electron chi connectivity index (χ4n) is 1.42. The average Bonchev–Trinajstić information content (AvgIpc) is 2.03. The van der Waals surface area contributed by atoms with Crippen LogP contribution in [-0.4, -0.2) is 15.7 Å². The Bertz CT molecular complexity index is 202. The first-order valence-corrected chi connectivity index (χ1v) is 6.15. The quantitative estimate of drug-likeness (QED) is 0.602. The van der Waals surface area contributed by atoms with Crippen molar-refractivity contribution in [3.63, 3.8) is 0 Å². The summed E-state index contributed by atoms with van der Waals surface area (Å²) in [7, 11) is -2.19. The van der Waals surface area contributed by atoms with Crippen molar-refractivity contribution < 1.29 is 4.21 Å². The summed E-state index contributed by atoms with van der Waals surface area (Å²) in [4.78, 5) is 0. The highest BCUT2D eigenvalue weighted by Crippen LogP contribution is 2.24. The third-order valence-electron chi connectivity index (χ3n) is 2.78. The zero-order chi connectivity index (χ0) is 8.48. The second kappa shape index (κ2) is 3.13. The van der Waals surface area contributed by atoms with E-state index in [0.717, 1.165) is 12.8 Å². The Morgan fingerprint density at radius 1 is 1.18 bits per heavy atom. The second-order valence-electron chi connectivity index (χ2n) is 3.75. The lowest BCUT2D eigenvalue weighted by molar-refractivity contribution is 0.378. The van der Waals surface area contributed by atoms with Crippen molar-refractivity contribution in [1.29, 1.82) is 4.78 Å². The van der Waals surface area contributed by atoms with Crippen LogP contribution in [0, 0.1) is 16.6 Å². The van der Waals surface area contributed by atoms with Crippen LogP contribution in [0.2, 0.25) is 0 Å². The third kappa shape index (κ3) is 2.47. The summed E-state index contributed by atoms with van der Waals surface area (Å²) in [6.45, 7) is 4.40. The monoisotopic (exact) mass is 175 g/mol. The van der Waals surface area contributed by atoms with E-state index in [4.69, 9.17) is 4.78 Å². The predicted molar refractivity (Wildman–Crippen MR) is 48.2 cm³/mol. The van der Waals surface area contributed by atoms with Crippen LogP contribution in [0.25, 0.3) is 0 Å². The highest BCUT2D eigenvalue weighted by molar-refractivity contribution is 7.92. The summed E-state index contributed by atoms with van der Waals surface area (Å²) in [5.41, 5.74) is 0. The topological polar surface area (TPSA) is 40.9 Å². The van der Waals surface area contributed by atoms with Crippen molar-refractivity contribution in [2.45, 2.75) is 26.7 Å². The Morgan fingerprint density at radius 3 is 1.91 bits per heavy atom. The van der Waals surface area contributed by atoms with Gasteiger partial charge >= 0.3 is 0 Å². The molecule has 1 N–H and O–H groups in total. The van der Waals surface area contributed by atoms with Crippen molar-refractivity contribution >= 4 is 9.73 Å². The molecule has 0 aromatic rings. The summed E-state index contributed by atoms with van der Waals surface area (Å²) in [5, 5.41) is 0. The summed E-state index contributed by atoms with van der Waals surface area (Å²) in [6.07, 6.45) is 1.95. The molecular weight excluding hydrogens is 158 g/mol. The van der Waals surface area contributed by atoms with Crippen LogP contribution < -0.4 is 0 Å². The van der Waals surface area contributed by atoms with E-state index in [2.05, 4.69) is 13.8 Å². The average molecular weight is 175 g/mol. The lowest BCUT2D eigenvalue weighted by Gasteiger charge is -2.13. The molecule has 1 fully saturated rings. The number of hydrogen-bond donors (Lipinski definition) is 1. The molecule has 0 aromatic heterocycles. The molecule has 1 saturated heterocycles. The molecular formula is C8H17NOS. The van der Waals surface area contributed by atoms with E-state index < -0.39 is 9.73 Å². The lowest BCUT2D eigenvalue weighted by Crippen LogP contribution is -2.06. The van der Waals surface area contributed by atoms with E-state index in [1.807, 2.05) is 0 Å². The maximum Gasteiger partial charge on any atom is 0.0441 e. The Kier molecular flexibility index (Phi) is 2.58. The lowest BCUT2D eigenvalue weighted by atomic mass is 9.92. The van der Waals surface area contributed by atoms with Gasteiger partial charge in [-0.25, -0.2) is 4.21 Å². The molecule has 0 amide bonds. The van der Waals surface area contributed by atoms with Gasteiger partial charge in [-0.2, -0.15) is 0 Å². The van der Waals surface area contributed by atoms with Crippen LogP contribution in [0.15, 0.2) is 0 Å². The van der Waals surface area contributed by atoms with Gasteiger partial charge in [-0.05, 0) is 24.7 Å². The molecule has 2 atom stereocenters. The number of hydrogen-bond acceptors (Lipinski definition) is 2. The molecule has 0 aromatic carbocycles. The third-order valence-corrected chi connectivity index (χ3v) is 4.57. The van der Waals surface area contributed by atoms with Crippen LogP contribution >= 0.6 is 0 Å². The Hall–Kier alpha value is -0.0500. The predicted octanol–water partition coefficient (Wildman–Crippen LogP) is 2.10. The van der Waals surface area contributed by atoms with E-state index in [9.17, 15) is 4.21 Å². The van der Waals surface area contributed by atoms with Crippen molar-refractivity contribution in [3.8, 4) is 0 Å². The smallest absolute Gasteiger partial charge is 0.0441 e. The Balaban J connectivity index is 2.66. The van der Waals surface area contributed by atoms with Crippen LogP contribution in [0.5, 0.6) is 0 Å². The largest absolute Gasteiger partial charge is 0.253 e. The summed E-state index contributed by atoms with van der Waals surface area (Å²) in [5.74, 6) is 2.56. The first kappa shape index (κ1) is 9.04. The van der Waals surface area contributed by atoms with Crippen molar-refractivity contribution in [2.75, 3.05) is 11.5 Å². The molecule has 0 bridgehead atoms. The summed E-state index contributed by atoms with van der Waals surface area (Å²) in [6, 6.07) is 0. The molecule has 3 heteroatoms. The minimum atomic E-state index is -2.19. The van der Waals surface area contributed by atoms with Crippen LogP contribution in [0.3, 0.4) is 0 Å². The molecule has 0 saturated carbocycles. The van der Waals surface area contributed by atoms with Crippen LogP contribution in [-0.2, 0) is 9.73 Å². The Morgan fingerprint density at radius 2 is 1.55 bits per heavy atom. The van der Waals surface area contributed by atoms with E-state index in [0.29, 0.717) is 23.3 Å². The molecule has 0 spiro atoms. The second-order valence-corrected chi connectivity index (χ2v) is 6.19. The molecule has 1 rings (SSSR count). The highest BCUT2D eigenvalue weighted by atomic mass is 32.2. The first-order valence-electron chi connectivity index (χ1n) is 4.25. The van der Waals surface area contributed by atoms with E-state index in [1.165, 1.54) is 0 Å². The maximum atomic E-state index is 11.4. The van der Waals surface area contributed by atoms with Crippen molar-refractivity contribution in [2.24, 2.45) is 11.8 Å². The standard InChI is InChI=1S/C8H17NOS/c1-7-3-5-11(9,10)6-4-8(7)2/h7-9H,3-6H2,1-2H3. The summed E-state index contributed by atoms with van der Waals surface area (Å²) >= 11 is 0. The maximum absolute atomic E-state index is 11.4. The van der Waals surface area contributed by atoms with Gasteiger partial charge in [0.25, 0.3) is 0 Å². The number of rotatable bonds is 0. The molecule has 1 aliphatic heterocycles. The van der Waals surface area contributed by atoms with E-state index >= 15 is 0 Å². The van der Waals surface area contributed by atoms with Gasteiger partial charge in [-0.3, -0.25) is 4.78 Å². The van der Waals surface area contributed by atoms with Crippen LogP contribution in [0.4, 0.5) is 0 Å². The van der Waals surface area contributed by atoms with E-state index in [1.54, 1.807) is 0 Å². The van der Waals surface area contributed by atoms with Gasteiger partial charge in [-0.1, -0.05) is 13.8 Å². The SMILES string of the molecule is CC1CCS(=N)(=O)CCC1C. The molecule has 11 heavy (non-hydrogen) atoms. The number of nitrogens with one attached hydrogen (secondary N) is 1. The zero-order valence-electron chi connectivity index (χ0n) is 7.30. The normalized spacial score (nSPS) is 46.7. The van der Waals surface area contributed by atoms with E-state index in [-0.39, 0.29) is 0 Å². The van der Waals surface area contributed by atoms with Gasteiger partial charge in [0.05, 0.1) is 0 Å². The van der Waals surface area contributed by atoms with Gasteiger partial charge in [0.15, 0.2) is 0 Å². The first-order chi connectivity index (χ1) is 5.01. The van der Waals surface area contributed by atoms with Crippen molar-refractivity contribution in [1.82, 2.24) is 0 Å². The van der Waals surface area contributed by atoms with Crippen LogP contribution in [0.1, 0.15) is 26.7 Å². The minimum Gasteiger partial charge on any atom is -0.253 e. The van der Waals surface area contributed by atoms with Crippen molar-refractivity contribution in [3.05, 3.63) is 0 Å². The minimum absolute atomic E-state index is 0.624. The molecule has 1 aliphatic rings. The van der Waals surface area contributed by atoms with Gasteiger partial charge in [0.1, 0.15) is 0 Å². The summed E-state index contributed by atoms with van der Waals surface area (Å²) < 4.78 is 18.9. The molecule has 1 heterocycles. The molecule has 2 nitrogen and oxygen atoms in total. The molecule has 66 valence electrons. The highest BCUT2D eigenvalue weighted by Gasteiger charge is 2.20. The van der Waals surface area contributed by atoms with Gasteiger partial charge in [0, 0.05) is 21.2 Å². The molecule has 0 aliphatic carbocycles. The van der Waals surface area contributed by atoms with Gasteiger partial charge in [-0.15, -0.1) is 0 Å².